The molecule has 21 heavy (non-hydrogen) atoms. The van der Waals surface area contributed by atoms with Gasteiger partial charge in [-0.3, -0.25) is 4.98 Å². The smallest absolute Gasteiger partial charge is 0.105 e. The summed E-state index contributed by atoms with van der Waals surface area (Å²) < 4.78 is 5.50. The maximum atomic E-state index is 5.50. The standard InChI is InChI=1S/C18H20N2O/c1-2-9-19-18(13-16-6-4-11-21-16)15-7-8-17-14(12-15)5-3-10-20-17/h3-8,10-12,18-19H,2,9,13H2,1H3. The molecule has 1 N–H and O–H groups in total. The van der Waals surface area contributed by atoms with E-state index in [0.29, 0.717) is 0 Å². The Labute approximate surface area is 125 Å². The van der Waals surface area contributed by atoms with Crippen LogP contribution in [0, 0.1) is 0 Å². The normalized spacial score (nSPS) is 12.6. The molecular formula is C18H20N2O. The molecule has 0 radical (unpaired) electrons. The zero-order valence-corrected chi connectivity index (χ0v) is 12.3. The van der Waals surface area contributed by atoms with Crippen molar-refractivity contribution in [1.82, 2.24) is 10.3 Å². The summed E-state index contributed by atoms with van der Waals surface area (Å²) in [5, 5.41) is 4.79. The minimum absolute atomic E-state index is 0.265. The lowest BCUT2D eigenvalue weighted by Crippen LogP contribution is -2.24. The van der Waals surface area contributed by atoms with Crippen molar-refractivity contribution in [2.24, 2.45) is 0 Å². The van der Waals surface area contributed by atoms with Crippen molar-refractivity contribution in [3.8, 4) is 0 Å². The van der Waals surface area contributed by atoms with Gasteiger partial charge in [0.15, 0.2) is 0 Å². The largest absolute Gasteiger partial charge is 0.469 e. The van der Waals surface area contributed by atoms with Gasteiger partial charge in [-0.1, -0.05) is 19.1 Å². The average molecular weight is 280 g/mol. The fraction of sp³-hybridized carbons (Fsp3) is 0.278. The summed E-state index contributed by atoms with van der Waals surface area (Å²) in [6, 6.07) is 14.8. The molecule has 2 aromatic heterocycles. The van der Waals surface area contributed by atoms with Gasteiger partial charge >= 0.3 is 0 Å². The van der Waals surface area contributed by atoms with Crippen molar-refractivity contribution in [3.05, 3.63) is 66.2 Å². The van der Waals surface area contributed by atoms with Crippen LogP contribution in [-0.4, -0.2) is 11.5 Å². The highest BCUT2D eigenvalue weighted by Crippen LogP contribution is 2.22. The van der Waals surface area contributed by atoms with Crippen LogP contribution in [0.5, 0.6) is 0 Å². The maximum absolute atomic E-state index is 5.50. The van der Waals surface area contributed by atoms with Crippen LogP contribution < -0.4 is 5.32 Å². The fourth-order valence-electron chi connectivity index (χ4n) is 2.57. The van der Waals surface area contributed by atoms with E-state index >= 15 is 0 Å². The van der Waals surface area contributed by atoms with Crippen LogP contribution in [0.3, 0.4) is 0 Å². The summed E-state index contributed by atoms with van der Waals surface area (Å²) in [6.45, 7) is 3.18. The monoisotopic (exact) mass is 280 g/mol. The molecule has 0 saturated carbocycles. The highest BCUT2D eigenvalue weighted by Gasteiger charge is 2.13. The number of nitrogens with zero attached hydrogens (tertiary/aromatic N) is 1. The van der Waals surface area contributed by atoms with Gasteiger partial charge in [0.05, 0.1) is 11.8 Å². The van der Waals surface area contributed by atoms with Gasteiger partial charge in [0.2, 0.25) is 0 Å². The molecule has 0 aliphatic carbocycles. The number of benzene rings is 1. The predicted octanol–water partition coefficient (Wildman–Crippen LogP) is 4.11. The first kappa shape index (κ1) is 13.8. The van der Waals surface area contributed by atoms with Gasteiger partial charge in [0, 0.05) is 24.0 Å². The molecule has 3 rings (SSSR count). The third kappa shape index (κ3) is 3.31. The molecule has 3 nitrogen and oxygen atoms in total. The zero-order valence-electron chi connectivity index (χ0n) is 12.3. The van der Waals surface area contributed by atoms with Crippen molar-refractivity contribution in [1.29, 1.82) is 0 Å². The molecule has 2 heterocycles. The second kappa shape index (κ2) is 6.55. The summed E-state index contributed by atoms with van der Waals surface area (Å²) in [4.78, 5) is 4.38. The van der Waals surface area contributed by atoms with Gasteiger partial charge in [0.25, 0.3) is 0 Å². The number of nitrogens with one attached hydrogen (secondary N) is 1. The van der Waals surface area contributed by atoms with E-state index in [9.17, 15) is 0 Å². The molecule has 1 aromatic carbocycles. The van der Waals surface area contributed by atoms with E-state index in [-0.39, 0.29) is 6.04 Å². The first-order valence-electron chi connectivity index (χ1n) is 7.47. The third-order valence-electron chi connectivity index (χ3n) is 3.66. The molecule has 0 bridgehead atoms. The number of rotatable bonds is 6. The molecule has 0 spiro atoms. The average Bonchev–Trinajstić information content (AvgIpc) is 3.04. The van der Waals surface area contributed by atoms with E-state index < -0.39 is 0 Å². The third-order valence-corrected chi connectivity index (χ3v) is 3.66. The maximum Gasteiger partial charge on any atom is 0.105 e. The summed E-state index contributed by atoms with van der Waals surface area (Å²) in [7, 11) is 0. The van der Waals surface area contributed by atoms with Gasteiger partial charge in [-0.25, -0.2) is 0 Å². The minimum Gasteiger partial charge on any atom is -0.469 e. The highest BCUT2D eigenvalue weighted by molar-refractivity contribution is 5.79. The van der Waals surface area contributed by atoms with E-state index in [1.807, 2.05) is 24.4 Å². The number of fused-ring (bicyclic) bond motifs is 1. The van der Waals surface area contributed by atoms with Crippen molar-refractivity contribution in [2.75, 3.05) is 6.54 Å². The van der Waals surface area contributed by atoms with Crippen molar-refractivity contribution < 1.29 is 4.42 Å². The van der Waals surface area contributed by atoms with Crippen molar-refractivity contribution in [3.63, 3.8) is 0 Å². The summed E-state index contributed by atoms with van der Waals surface area (Å²) >= 11 is 0. The predicted molar refractivity (Wildman–Crippen MR) is 85.2 cm³/mol. The number of hydrogen-bond acceptors (Lipinski definition) is 3. The quantitative estimate of drug-likeness (QED) is 0.738. The Morgan fingerprint density at radius 1 is 1.19 bits per heavy atom. The summed E-state index contributed by atoms with van der Waals surface area (Å²) in [5.41, 5.74) is 2.31. The van der Waals surface area contributed by atoms with Gasteiger partial charge in [-0.15, -0.1) is 0 Å². The van der Waals surface area contributed by atoms with E-state index in [2.05, 4.69) is 41.5 Å². The van der Waals surface area contributed by atoms with Gasteiger partial charge in [-0.2, -0.15) is 0 Å². The summed E-state index contributed by atoms with van der Waals surface area (Å²) in [6.07, 6.45) is 5.54. The molecule has 1 unspecified atom stereocenters. The van der Waals surface area contributed by atoms with Crippen molar-refractivity contribution >= 4 is 10.9 Å². The molecular weight excluding hydrogens is 260 g/mol. The Morgan fingerprint density at radius 2 is 2.14 bits per heavy atom. The Balaban J connectivity index is 1.89. The first-order chi connectivity index (χ1) is 10.4. The lowest BCUT2D eigenvalue weighted by molar-refractivity contribution is 0.449. The number of aromatic nitrogens is 1. The fourth-order valence-corrected chi connectivity index (χ4v) is 2.57. The molecule has 0 aliphatic rings. The first-order valence-corrected chi connectivity index (χ1v) is 7.47. The Kier molecular flexibility index (Phi) is 4.31. The molecule has 0 saturated heterocycles. The van der Waals surface area contributed by atoms with Gasteiger partial charge in [0.1, 0.15) is 5.76 Å². The molecule has 3 heteroatoms. The number of furan rings is 1. The zero-order chi connectivity index (χ0) is 14.5. The van der Waals surface area contributed by atoms with Gasteiger partial charge < -0.3 is 9.73 Å². The number of hydrogen-bond donors (Lipinski definition) is 1. The van der Waals surface area contributed by atoms with Crippen LogP contribution in [0.4, 0.5) is 0 Å². The molecule has 0 amide bonds. The van der Waals surface area contributed by atoms with Crippen LogP contribution in [0.1, 0.15) is 30.7 Å². The second-order valence-electron chi connectivity index (χ2n) is 5.25. The van der Waals surface area contributed by atoms with Crippen LogP contribution in [0.2, 0.25) is 0 Å². The van der Waals surface area contributed by atoms with Crippen LogP contribution in [0.25, 0.3) is 10.9 Å². The SMILES string of the molecule is CCCNC(Cc1ccco1)c1ccc2ncccc2c1. The van der Waals surface area contributed by atoms with Gasteiger partial charge in [-0.05, 0) is 48.9 Å². The second-order valence-corrected chi connectivity index (χ2v) is 5.25. The molecule has 3 aromatic rings. The van der Waals surface area contributed by atoms with Crippen LogP contribution in [-0.2, 0) is 6.42 Å². The Morgan fingerprint density at radius 3 is 2.95 bits per heavy atom. The molecule has 108 valence electrons. The lowest BCUT2D eigenvalue weighted by Gasteiger charge is -2.18. The Hall–Kier alpha value is -2.13. The summed E-state index contributed by atoms with van der Waals surface area (Å²) in [5.74, 6) is 1.01. The van der Waals surface area contributed by atoms with Crippen LogP contribution >= 0.6 is 0 Å². The topological polar surface area (TPSA) is 38.1 Å². The molecule has 1 atom stereocenters. The minimum atomic E-state index is 0.265. The molecule has 0 aliphatic heterocycles. The van der Waals surface area contributed by atoms with E-state index in [1.54, 1.807) is 6.26 Å². The van der Waals surface area contributed by atoms with Crippen molar-refractivity contribution in [2.45, 2.75) is 25.8 Å². The van der Waals surface area contributed by atoms with E-state index in [4.69, 9.17) is 4.42 Å². The Bertz CT molecular complexity index is 691. The molecule has 0 fully saturated rings. The van der Waals surface area contributed by atoms with E-state index in [0.717, 1.165) is 30.7 Å². The number of pyridine rings is 1. The lowest BCUT2D eigenvalue weighted by atomic mass is 10.00. The van der Waals surface area contributed by atoms with Crippen LogP contribution in [0.15, 0.2) is 59.3 Å². The van der Waals surface area contributed by atoms with E-state index in [1.165, 1.54) is 10.9 Å². The highest BCUT2D eigenvalue weighted by atomic mass is 16.3.